The topological polar surface area (TPSA) is 63.8 Å². The van der Waals surface area contributed by atoms with Gasteiger partial charge in [-0.3, -0.25) is 0 Å². The van der Waals surface area contributed by atoms with Gasteiger partial charge < -0.3 is 11.1 Å². The Hall–Kier alpha value is -2.17. The van der Waals surface area contributed by atoms with Gasteiger partial charge in [-0.05, 0) is 25.5 Å². The molecule has 0 amide bonds. The van der Waals surface area contributed by atoms with Crippen LogP contribution in [0.2, 0.25) is 0 Å². The zero-order valence-corrected chi connectivity index (χ0v) is 11.1. The smallest absolute Gasteiger partial charge is 0.146 e. The molecule has 0 radical (unpaired) electrons. The molecule has 1 heterocycles. The number of aromatic nitrogens is 2. The van der Waals surface area contributed by atoms with Gasteiger partial charge in [0.15, 0.2) is 0 Å². The van der Waals surface area contributed by atoms with E-state index >= 15 is 0 Å². The van der Waals surface area contributed by atoms with Crippen LogP contribution in [0.4, 0.5) is 21.7 Å². The largest absolute Gasteiger partial charge is 0.383 e. The first-order valence-electron chi connectivity index (χ1n) is 6.26. The minimum absolute atomic E-state index is 0.323. The van der Waals surface area contributed by atoms with E-state index in [-0.39, 0.29) is 5.82 Å². The van der Waals surface area contributed by atoms with Crippen LogP contribution in [0.15, 0.2) is 24.3 Å². The molecule has 0 aliphatic rings. The Morgan fingerprint density at radius 3 is 2.68 bits per heavy atom. The van der Waals surface area contributed by atoms with E-state index in [2.05, 4.69) is 15.3 Å². The number of anilines is 3. The second kappa shape index (κ2) is 5.65. The van der Waals surface area contributed by atoms with Crippen LogP contribution in [0.3, 0.4) is 0 Å². The van der Waals surface area contributed by atoms with Crippen molar-refractivity contribution in [3.63, 3.8) is 0 Å². The molecule has 100 valence electrons. The van der Waals surface area contributed by atoms with E-state index < -0.39 is 0 Å². The van der Waals surface area contributed by atoms with E-state index in [1.54, 1.807) is 18.2 Å². The lowest BCUT2D eigenvalue weighted by Gasteiger charge is -2.12. The molecule has 0 unspecified atom stereocenters. The summed E-state index contributed by atoms with van der Waals surface area (Å²) in [6, 6.07) is 6.46. The molecule has 19 heavy (non-hydrogen) atoms. The molecule has 0 aliphatic heterocycles. The van der Waals surface area contributed by atoms with Gasteiger partial charge >= 0.3 is 0 Å². The van der Waals surface area contributed by atoms with E-state index in [9.17, 15) is 4.39 Å². The summed E-state index contributed by atoms with van der Waals surface area (Å²) < 4.78 is 13.6. The summed E-state index contributed by atoms with van der Waals surface area (Å²) in [5, 5.41) is 2.97. The van der Waals surface area contributed by atoms with Crippen LogP contribution >= 0.6 is 0 Å². The third kappa shape index (κ3) is 2.99. The SMILES string of the molecule is CCCc1nc(N)c(C)c(Nc2ccccc2F)n1. The zero-order chi connectivity index (χ0) is 13.8. The highest BCUT2D eigenvalue weighted by molar-refractivity contribution is 5.63. The summed E-state index contributed by atoms with van der Waals surface area (Å²) in [4.78, 5) is 8.61. The molecule has 2 aromatic rings. The molecular weight excluding hydrogens is 243 g/mol. The monoisotopic (exact) mass is 260 g/mol. The maximum Gasteiger partial charge on any atom is 0.146 e. The molecular formula is C14H17FN4. The lowest BCUT2D eigenvalue weighted by molar-refractivity contribution is 0.631. The van der Waals surface area contributed by atoms with Gasteiger partial charge in [-0.2, -0.15) is 0 Å². The van der Waals surface area contributed by atoms with Crippen molar-refractivity contribution >= 4 is 17.3 Å². The summed E-state index contributed by atoms with van der Waals surface area (Å²) in [6.07, 6.45) is 1.68. The number of nitrogens with one attached hydrogen (secondary N) is 1. The van der Waals surface area contributed by atoms with Crippen LogP contribution in [0.5, 0.6) is 0 Å². The van der Waals surface area contributed by atoms with Crippen LogP contribution in [0.1, 0.15) is 24.7 Å². The Bertz CT molecular complexity index is 584. The first-order chi connectivity index (χ1) is 9.11. The molecule has 0 fully saturated rings. The van der Waals surface area contributed by atoms with Crippen molar-refractivity contribution in [1.29, 1.82) is 0 Å². The van der Waals surface area contributed by atoms with Crippen molar-refractivity contribution in [3.05, 3.63) is 41.5 Å². The highest BCUT2D eigenvalue weighted by Gasteiger charge is 2.10. The van der Waals surface area contributed by atoms with Gasteiger partial charge in [0.25, 0.3) is 0 Å². The molecule has 0 spiro atoms. The van der Waals surface area contributed by atoms with E-state index in [0.29, 0.717) is 23.1 Å². The van der Waals surface area contributed by atoms with Crippen molar-refractivity contribution in [2.75, 3.05) is 11.1 Å². The standard InChI is InChI=1S/C14H17FN4/c1-3-6-12-18-13(16)9(2)14(19-12)17-11-8-5-4-7-10(11)15/h4-5,7-8H,3,6H2,1-2H3,(H3,16,17,18,19). The number of hydrogen-bond acceptors (Lipinski definition) is 4. The number of nitrogens with two attached hydrogens (primary N) is 1. The minimum Gasteiger partial charge on any atom is -0.383 e. The Labute approximate surface area is 111 Å². The second-order valence-electron chi connectivity index (χ2n) is 4.35. The van der Waals surface area contributed by atoms with Gasteiger partial charge in [0.1, 0.15) is 23.3 Å². The third-order valence-electron chi connectivity index (χ3n) is 2.83. The number of halogens is 1. The van der Waals surface area contributed by atoms with Crippen LogP contribution in [0, 0.1) is 12.7 Å². The van der Waals surface area contributed by atoms with Crippen molar-refractivity contribution in [1.82, 2.24) is 9.97 Å². The highest BCUT2D eigenvalue weighted by Crippen LogP contribution is 2.23. The fourth-order valence-corrected chi connectivity index (χ4v) is 1.73. The number of benzene rings is 1. The molecule has 0 saturated heterocycles. The van der Waals surface area contributed by atoms with Crippen molar-refractivity contribution in [3.8, 4) is 0 Å². The van der Waals surface area contributed by atoms with Gasteiger partial charge in [0.2, 0.25) is 0 Å². The molecule has 3 N–H and O–H groups in total. The summed E-state index contributed by atoms with van der Waals surface area (Å²) >= 11 is 0. The van der Waals surface area contributed by atoms with Crippen molar-refractivity contribution in [2.24, 2.45) is 0 Å². The van der Waals surface area contributed by atoms with Gasteiger partial charge in [0, 0.05) is 12.0 Å². The van der Waals surface area contributed by atoms with Crippen LogP contribution < -0.4 is 11.1 Å². The number of aryl methyl sites for hydroxylation is 1. The van der Waals surface area contributed by atoms with E-state index in [1.165, 1.54) is 6.07 Å². The molecule has 2 rings (SSSR count). The molecule has 0 aliphatic carbocycles. The molecule has 1 aromatic heterocycles. The molecule has 1 aromatic carbocycles. The fourth-order valence-electron chi connectivity index (χ4n) is 1.73. The van der Waals surface area contributed by atoms with Crippen LogP contribution in [-0.2, 0) is 6.42 Å². The van der Waals surface area contributed by atoms with E-state index in [4.69, 9.17) is 5.73 Å². The van der Waals surface area contributed by atoms with Gasteiger partial charge in [-0.1, -0.05) is 19.1 Å². The average molecular weight is 260 g/mol. The Kier molecular flexibility index (Phi) is 3.94. The fraction of sp³-hybridized carbons (Fsp3) is 0.286. The van der Waals surface area contributed by atoms with E-state index in [0.717, 1.165) is 18.4 Å². The van der Waals surface area contributed by atoms with Crippen molar-refractivity contribution < 1.29 is 4.39 Å². The lowest BCUT2D eigenvalue weighted by atomic mass is 10.2. The van der Waals surface area contributed by atoms with Crippen LogP contribution in [0.25, 0.3) is 0 Å². The summed E-state index contributed by atoms with van der Waals surface area (Å²) in [7, 11) is 0. The Balaban J connectivity index is 2.36. The van der Waals surface area contributed by atoms with Gasteiger partial charge in [-0.25, -0.2) is 14.4 Å². The normalized spacial score (nSPS) is 10.5. The maximum absolute atomic E-state index is 13.6. The van der Waals surface area contributed by atoms with E-state index in [1.807, 2.05) is 13.8 Å². The van der Waals surface area contributed by atoms with Gasteiger partial charge in [-0.15, -0.1) is 0 Å². The summed E-state index contributed by atoms with van der Waals surface area (Å²) in [6.45, 7) is 3.86. The van der Waals surface area contributed by atoms with Crippen molar-refractivity contribution in [2.45, 2.75) is 26.7 Å². The second-order valence-corrected chi connectivity index (χ2v) is 4.35. The number of rotatable bonds is 4. The molecule has 4 nitrogen and oxygen atoms in total. The Morgan fingerprint density at radius 1 is 1.26 bits per heavy atom. The number of hydrogen-bond donors (Lipinski definition) is 2. The highest BCUT2D eigenvalue weighted by atomic mass is 19.1. The number of para-hydroxylation sites is 1. The molecule has 0 atom stereocenters. The zero-order valence-electron chi connectivity index (χ0n) is 11.1. The molecule has 0 saturated carbocycles. The third-order valence-corrected chi connectivity index (χ3v) is 2.83. The predicted molar refractivity (Wildman–Crippen MR) is 74.9 cm³/mol. The first kappa shape index (κ1) is 13.3. The quantitative estimate of drug-likeness (QED) is 0.886. The lowest BCUT2D eigenvalue weighted by Crippen LogP contribution is -2.07. The Morgan fingerprint density at radius 2 is 2.00 bits per heavy atom. The molecule has 5 heteroatoms. The van der Waals surface area contributed by atoms with Crippen LogP contribution in [-0.4, -0.2) is 9.97 Å². The van der Waals surface area contributed by atoms with Gasteiger partial charge in [0.05, 0.1) is 5.69 Å². The number of nitrogens with zero attached hydrogens (tertiary/aromatic N) is 2. The molecule has 0 bridgehead atoms. The predicted octanol–water partition coefficient (Wildman–Crippen LogP) is 3.20. The maximum atomic E-state index is 13.6. The average Bonchev–Trinajstić information content (AvgIpc) is 2.38. The summed E-state index contributed by atoms with van der Waals surface area (Å²) in [5.74, 6) is 1.33. The minimum atomic E-state index is -0.323. The number of nitrogen functional groups attached to an aromatic ring is 1. The first-order valence-corrected chi connectivity index (χ1v) is 6.26. The summed E-state index contributed by atoms with van der Waals surface area (Å²) in [5.41, 5.74) is 6.96.